The van der Waals surface area contributed by atoms with Crippen LogP contribution in [0.5, 0.6) is 0 Å². The van der Waals surface area contributed by atoms with Gasteiger partial charge in [0.25, 0.3) is 0 Å². The maximum absolute atomic E-state index is 11.1. The molecule has 0 spiro atoms. The van der Waals surface area contributed by atoms with Crippen LogP contribution >= 0.6 is 0 Å². The van der Waals surface area contributed by atoms with Gasteiger partial charge in [0.1, 0.15) is 11.9 Å². The van der Waals surface area contributed by atoms with Crippen molar-refractivity contribution in [3.63, 3.8) is 0 Å². The van der Waals surface area contributed by atoms with E-state index in [1.54, 1.807) is 13.1 Å². The summed E-state index contributed by atoms with van der Waals surface area (Å²) in [5.74, 6) is 0.00777. The highest BCUT2D eigenvalue weighted by atomic mass is 16.4. The van der Waals surface area contributed by atoms with Gasteiger partial charge in [0, 0.05) is 5.41 Å². The third-order valence-corrected chi connectivity index (χ3v) is 3.09. The monoisotopic (exact) mass is 261 g/mol. The minimum atomic E-state index is -0.891. The fraction of sp³-hybridized carbons (Fsp3) is 0.429. The standard InChI is InChI=1S/C14H19N3O2/c1-14(2,3)13-16-9-6-5-8(7-10(9)17-13)11(15-4)12(18)19/h5-7,11,15H,1-4H3,(H,16,17)(H,18,19). The molecule has 1 aromatic carbocycles. The number of nitrogens with one attached hydrogen (secondary N) is 2. The Bertz CT molecular complexity index is 611. The number of nitrogens with zero attached hydrogens (tertiary/aromatic N) is 1. The molecule has 1 heterocycles. The third-order valence-electron chi connectivity index (χ3n) is 3.09. The summed E-state index contributed by atoms with van der Waals surface area (Å²) < 4.78 is 0. The third kappa shape index (κ3) is 2.61. The van der Waals surface area contributed by atoms with Crippen molar-refractivity contribution in [3.05, 3.63) is 29.6 Å². The fourth-order valence-electron chi connectivity index (χ4n) is 1.99. The van der Waals surface area contributed by atoms with E-state index in [1.807, 2.05) is 12.1 Å². The van der Waals surface area contributed by atoms with E-state index in [0.29, 0.717) is 5.56 Å². The van der Waals surface area contributed by atoms with E-state index in [9.17, 15) is 4.79 Å². The molecule has 2 rings (SSSR count). The molecule has 0 saturated carbocycles. The molecule has 1 aromatic heterocycles. The lowest BCUT2D eigenvalue weighted by Gasteiger charge is -2.13. The second kappa shape index (κ2) is 4.66. The molecule has 2 aromatic rings. The van der Waals surface area contributed by atoms with Crippen LogP contribution in [0.15, 0.2) is 18.2 Å². The van der Waals surface area contributed by atoms with E-state index in [-0.39, 0.29) is 5.41 Å². The van der Waals surface area contributed by atoms with Crippen molar-refractivity contribution in [3.8, 4) is 0 Å². The number of carboxylic acids is 1. The number of hydrogen-bond donors (Lipinski definition) is 3. The van der Waals surface area contributed by atoms with Gasteiger partial charge in [-0.05, 0) is 24.7 Å². The molecule has 5 heteroatoms. The van der Waals surface area contributed by atoms with Crippen LogP contribution in [0.2, 0.25) is 0 Å². The van der Waals surface area contributed by atoms with Crippen LogP contribution in [0.1, 0.15) is 38.2 Å². The number of carboxylic acid groups (broad SMARTS) is 1. The molecule has 0 fully saturated rings. The summed E-state index contributed by atoms with van der Waals surface area (Å²) in [4.78, 5) is 18.9. The molecule has 0 radical (unpaired) electrons. The first-order chi connectivity index (χ1) is 8.82. The molecule has 0 aliphatic rings. The van der Waals surface area contributed by atoms with Crippen molar-refractivity contribution < 1.29 is 9.90 Å². The maximum Gasteiger partial charge on any atom is 0.325 e. The van der Waals surface area contributed by atoms with E-state index in [1.165, 1.54) is 0 Å². The zero-order valence-corrected chi connectivity index (χ0v) is 11.6. The van der Waals surface area contributed by atoms with Gasteiger partial charge in [-0.1, -0.05) is 26.8 Å². The van der Waals surface area contributed by atoms with E-state index in [0.717, 1.165) is 16.9 Å². The molecular formula is C14H19N3O2. The molecule has 5 nitrogen and oxygen atoms in total. The van der Waals surface area contributed by atoms with Gasteiger partial charge in [0.2, 0.25) is 0 Å². The lowest BCUT2D eigenvalue weighted by molar-refractivity contribution is -0.139. The lowest BCUT2D eigenvalue weighted by atomic mass is 9.96. The van der Waals surface area contributed by atoms with E-state index < -0.39 is 12.0 Å². The summed E-state index contributed by atoms with van der Waals surface area (Å²) in [7, 11) is 1.64. The lowest BCUT2D eigenvalue weighted by Crippen LogP contribution is -2.24. The predicted octanol–water partition coefficient (Wildman–Crippen LogP) is 2.21. The van der Waals surface area contributed by atoms with Gasteiger partial charge in [-0.2, -0.15) is 0 Å². The molecule has 1 unspecified atom stereocenters. The van der Waals surface area contributed by atoms with Crippen molar-refractivity contribution in [1.29, 1.82) is 0 Å². The average molecular weight is 261 g/mol. The summed E-state index contributed by atoms with van der Waals surface area (Å²) in [6.07, 6.45) is 0. The van der Waals surface area contributed by atoms with Gasteiger partial charge in [-0.15, -0.1) is 0 Å². The van der Waals surface area contributed by atoms with Crippen molar-refractivity contribution in [2.24, 2.45) is 0 Å². The van der Waals surface area contributed by atoms with Gasteiger partial charge in [-0.3, -0.25) is 4.79 Å². The number of carbonyl (C=O) groups is 1. The highest BCUT2D eigenvalue weighted by Gasteiger charge is 2.21. The van der Waals surface area contributed by atoms with Crippen molar-refractivity contribution >= 4 is 17.0 Å². The SMILES string of the molecule is CNC(C(=O)O)c1ccc2nc(C(C)(C)C)[nH]c2c1. The summed E-state index contributed by atoms with van der Waals surface area (Å²) >= 11 is 0. The Morgan fingerprint density at radius 2 is 2.11 bits per heavy atom. The number of hydrogen-bond acceptors (Lipinski definition) is 3. The van der Waals surface area contributed by atoms with Crippen molar-refractivity contribution in [2.75, 3.05) is 7.05 Å². The van der Waals surface area contributed by atoms with Gasteiger partial charge < -0.3 is 15.4 Å². The smallest absolute Gasteiger partial charge is 0.325 e. The Hall–Kier alpha value is -1.88. The maximum atomic E-state index is 11.1. The molecule has 19 heavy (non-hydrogen) atoms. The molecule has 0 amide bonds. The number of likely N-dealkylation sites (N-methyl/N-ethyl adjacent to an activating group) is 1. The Labute approximate surface area is 112 Å². The van der Waals surface area contributed by atoms with Crippen LogP contribution < -0.4 is 5.32 Å². The molecule has 3 N–H and O–H groups in total. The number of fused-ring (bicyclic) bond motifs is 1. The van der Waals surface area contributed by atoms with E-state index >= 15 is 0 Å². The zero-order chi connectivity index (χ0) is 14.2. The zero-order valence-electron chi connectivity index (χ0n) is 11.6. The second-order valence-corrected chi connectivity index (χ2v) is 5.67. The number of aliphatic carboxylic acids is 1. The first-order valence-corrected chi connectivity index (χ1v) is 6.23. The highest BCUT2D eigenvalue weighted by Crippen LogP contribution is 2.24. The average Bonchev–Trinajstić information content (AvgIpc) is 2.72. The summed E-state index contributed by atoms with van der Waals surface area (Å²) in [5.41, 5.74) is 2.37. The van der Waals surface area contributed by atoms with E-state index in [4.69, 9.17) is 5.11 Å². The highest BCUT2D eigenvalue weighted by molar-refractivity contribution is 5.80. The van der Waals surface area contributed by atoms with Crippen LogP contribution in [0.25, 0.3) is 11.0 Å². The van der Waals surface area contributed by atoms with Crippen LogP contribution in [-0.2, 0) is 10.2 Å². The molecule has 102 valence electrons. The van der Waals surface area contributed by atoms with E-state index in [2.05, 4.69) is 36.1 Å². The fourth-order valence-corrected chi connectivity index (χ4v) is 1.99. The number of rotatable bonds is 3. The minimum Gasteiger partial charge on any atom is -0.480 e. The number of aromatic nitrogens is 2. The minimum absolute atomic E-state index is 0.0611. The largest absolute Gasteiger partial charge is 0.480 e. The Balaban J connectivity index is 2.49. The summed E-state index contributed by atoms with van der Waals surface area (Å²) in [6.45, 7) is 6.25. The van der Waals surface area contributed by atoms with Crippen LogP contribution in [0.3, 0.4) is 0 Å². The predicted molar refractivity (Wildman–Crippen MR) is 74.2 cm³/mol. The molecule has 1 atom stereocenters. The van der Waals surface area contributed by atoms with Gasteiger partial charge >= 0.3 is 5.97 Å². The number of H-pyrrole nitrogens is 1. The Morgan fingerprint density at radius 1 is 1.42 bits per heavy atom. The molecular weight excluding hydrogens is 242 g/mol. The number of aromatic amines is 1. The van der Waals surface area contributed by atoms with Crippen molar-refractivity contribution in [2.45, 2.75) is 32.2 Å². The summed E-state index contributed by atoms with van der Waals surface area (Å²) in [5, 5.41) is 11.9. The molecule has 0 aliphatic carbocycles. The Morgan fingerprint density at radius 3 is 2.63 bits per heavy atom. The Kier molecular flexibility index (Phi) is 3.32. The van der Waals surface area contributed by atoms with Crippen molar-refractivity contribution in [1.82, 2.24) is 15.3 Å². The molecule has 0 saturated heterocycles. The van der Waals surface area contributed by atoms with Crippen LogP contribution in [0.4, 0.5) is 0 Å². The summed E-state index contributed by atoms with van der Waals surface area (Å²) in [6, 6.07) is 4.78. The van der Waals surface area contributed by atoms with Gasteiger partial charge in [-0.25, -0.2) is 4.98 Å². The van der Waals surface area contributed by atoms with Crippen LogP contribution in [0, 0.1) is 0 Å². The number of benzene rings is 1. The molecule has 0 aliphatic heterocycles. The van der Waals surface area contributed by atoms with Gasteiger partial charge in [0.15, 0.2) is 0 Å². The number of imidazole rings is 1. The topological polar surface area (TPSA) is 78.0 Å². The second-order valence-electron chi connectivity index (χ2n) is 5.67. The van der Waals surface area contributed by atoms with Crippen LogP contribution in [-0.4, -0.2) is 28.1 Å². The first-order valence-electron chi connectivity index (χ1n) is 6.23. The normalized spacial score (nSPS) is 13.7. The molecule has 0 bridgehead atoms. The first kappa shape index (κ1) is 13.5. The van der Waals surface area contributed by atoms with Gasteiger partial charge in [0.05, 0.1) is 11.0 Å². The quantitative estimate of drug-likeness (QED) is 0.791.